The first-order chi connectivity index (χ1) is 8.93. The first kappa shape index (κ1) is 16.3. The van der Waals surface area contributed by atoms with Gasteiger partial charge in [0.15, 0.2) is 0 Å². The van der Waals surface area contributed by atoms with E-state index >= 15 is 0 Å². The molecule has 0 fully saturated rings. The Kier molecular flexibility index (Phi) is 6.63. The minimum atomic E-state index is -0.133. The molecule has 2 N–H and O–H groups in total. The predicted octanol–water partition coefficient (Wildman–Crippen LogP) is 3.56. The van der Waals surface area contributed by atoms with E-state index in [4.69, 9.17) is 23.2 Å². The third kappa shape index (κ3) is 5.39. The molecule has 1 aromatic carbocycles. The predicted molar refractivity (Wildman–Crippen MR) is 80.8 cm³/mol. The molecule has 106 valence electrons. The van der Waals surface area contributed by atoms with Gasteiger partial charge in [0.2, 0.25) is 5.91 Å². The van der Waals surface area contributed by atoms with Gasteiger partial charge in [-0.3, -0.25) is 4.79 Å². The zero-order valence-electron chi connectivity index (χ0n) is 11.5. The van der Waals surface area contributed by atoms with Crippen LogP contribution in [-0.2, 0) is 4.79 Å². The molecule has 0 aliphatic heterocycles. The van der Waals surface area contributed by atoms with Gasteiger partial charge in [0.05, 0.1) is 6.04 Å². The maximum absolute atomic E-state index is 11.9. The molecule has 19 heavy (non-hydrogen) atoms. The van der Waals surface area contributed by atoms with Crippen molar-refractivity contribution in [3.63, 3.8) is 0 Å². The minimum Gasteiger partial charge on any atom is -0.349 e. The topological polar surface area (TPSA) is 41.1 Å². The summed E-state index contributed by atoms with van der Waals surface area (Å²) in [5.41, 5.74) is 0.871. The standard InChI is InChI=1S/C14H20Cl2N2O/c1-4-17-9(2)7-14(19)18-10(3)12-6-5-11(15)8-13(12)16/h5-6,8-10,17H,4,7H2,1-3H3,(H,18,19). The van der Waals surface area contributed by atoms with Gasteiger partial charge in [-0.15, -0.1) is 0 Å². The van der Waals surface area contributed by atoms with Gasteiger partial charge in [0.25, 0.3) is 0 Å². The minimum absolute atomic E-state index is 0.00645. The van der Waals surface area contributed by atoms with Gasteiger partial charge < -0.3 is 10.6 Å². The number of amides is 1. The van der Waals surface area contributed by atoms with Gasteiger partial charge in [0.1, 0.15) is 0 Å². The normalized spacial score (nSPS) is 13.9. The van der Waals surface area contributed by atoms with Crippen molar-refractivity contribution in [1.29, 1.82) is 0 Å². The molecule has 0 aromatic heterocycles. The molecule has 3 nitrogen and oxygen atoms in total. The fraction of sp³-hybridized carbons (Fsp3) is 0.500. The molecular formula is C14H20Cl2N2O. The van der Waals surface area contributed by atoms with Gasteiger partial charge in [-0.25, -0.2) is 0 Å². The summed E-state index contributed by atoms with van der Waals surface area (Å²) >= 11 is 12.0. The second-order valence-corrected chi connectivity index (χ2v) is 5.46. The summed E-state index contributed by atoms with van der Waals surface area (Å²) in [5.74, 6) is 0.00645. The van der Waals surface area contributed by atoms with E-state index in [1.165, 1.54) is 0 Å². The molecule has 0 heterocycles. The first-order valence-electron chi connectivity index (χ1n) is 6.41. The molecule has 1 aromatic rings. The number of benzene rings is 1. The maximum atomic E-state index is 11.9. The number of hydrogen-bond acceptors (Lipinski definition) is 2. The van der Waals surface area contributed by atoms with E-state index in [1.54, 1.807) is 12.1 Å². The quantitative estimate of drug-likeness (QED) is 0.843. The molecule has 1 amide bonds. The summed E-state index contributed by atoms with van der Waals surface area (Å²) in [6.45, 7) is 6.77. The Bertz CT molecular complexity index is 437. The summed E-state index contributed by atoms with van der Waals surface area (Å²) in [6.07, 6.45) is 0.448. The number of halogens is 2. The third-order valence-corrected chi connectivity index (χ3v) is 3.41. The van der Waals surface area contributed by atoms with Gasteiger partial charge in [-0.05, 0) is 38.1 Å². The highest BCUT2D eigenvalue weighted by atomic mass is 35.5. The number of rotatable bonds is 6. The van der Waals surface area contributed by atoms with Crippen LogP contribution in [0, 0.1) is 0 Å². The molecular weight excluding hydrogens is 283 g/mol. The van der Waals surface area contributed by atoms with Crippen LogP contribution in [0.5, 0.6) is 0 Å². The Hall–Kier alpha value is -0.770. The Morgan fingerprint density at radius 2 is 2.00 bits per heavy atom. The van der Waals surface area contributed by atoms with E-state index in [-0.39, 0.29) is 18.0 Å². The summed E-state index contributed by atoms with van der Waals surface area (Å²) in [5, 5.41) is 7.30. The summed E-state index contributed by atoms with van der Waals surface area (Å²) in [4.78, 5) is 11.9. The number of carbonyl (C=O) groups excluding carboxylic acids is 1. The monoisotopic (exact) mass is 302 g/mol. The van der Waals surface area contributed by atoms with Crippen LogP contribution in [0.15, 0.2) is 18.2 Å². The smallest absolute Gasteiger partial charge is 0.222 e. The zero-order valence-corrected chi connectivity index (χ0v) is 13.0. The highest BCUT2D eigenvalue weighted by molar-refractivity contribution is 6.35. The van der Waals surface area contributed by atoms with Crippen LogP contribution in [-0.4, -0.2) is 18.5 Å². The molecule has 2 atom stereocenters. The average molecular weight is 303 g/mol. The van der Waals surface area contributed by atoms with E-state index in [2.05, 4.69) is 10.6 Å². The van der Waals surface area contributed by atoms with E-state index in [1.807, 2.05) is 26.8 Å². The summed E-state index contributed by atoms with van der Waals surface area (Å²) in [6, 6.07) is 5.32. The summed E-state index contributed by atoms with van der Waals surface area (Å²) in [7, 11) is 0. The van der Waals surface area contributed by atoms with E-state index in [9.17, 15) is 4.79 Å². The fourth-order valence-corrected chi connectivity index (χ4v) is 2.50. The second kappa shape index (κ2) is 7.73. The molecule has 2 unspecified atom stereocenters. The molecule has 5 heteroatoms. The van der Waals surface area contributed by atoms with Crippen LogP contribution >= 0.6 is 23.2 Å². The number of carbonyl (C=O) groups is 1. The summed E-state index contributed by atoms with van der Waals surface area (Å²) < 4.78 is 0. The molecule has 0 saturated heterocycles. The second-order valence-electron chi connectivity index (χ2n) is 4.62. The average Bonchev–Trinajstić information content (AvgIpc) is 2.28. The van der Waals surface area contributed by atoms with Crippen molar-refractivity contribution in [3.8, 4) is 0 Å². The third-order valence-electron chi connectivity index (χ3n) is 2.85. The van der Waals surface area contributed by atoms with Gasteiger partial charge in [-0.1, -0.05) is 36.2 Å². The largest absolute Gasteiger partial charge is 0.349 e. The fourth-order valence-electron chi connectivity index (χ4n) is 1.93. The number of nitrogens with one attached hydrogen (secondary N) is 2. The highest BCUT2D eigenvalue weighted by Crippen LogP contribution is 2.26. The molecule has 1 rings (SSSR count). The molecule has 0 aliphatic carbocycles. The lowest BCUT2D eigenvalue weighted by molar-refractivity contribution is -0.122. The van der Waals surface area contributed by atoms with Crippen LogP contribution in [0.25, 0.3) is 0 Å². The van der Waals surface area contributed by atoms with Crippen molar-refractivity contribution in [2.75, 3.05) is 6.54 Å². The lowest BCUT2D eigenvalue weighted by Crippen LogP contribution is -2.34. The first-order valence-corrected chi connectivity index (χ1v) is 7.17. The van der Waals surface area contributed by atoms with E-state index < -0.39 is 0 Å². The molecule has 0 radical (unpaired) electrons. The number of hydrogen-bond donors (Lipinski definition) is 2. The Morgan fingerprint density at radius 1 is 1.32 bits per heavy atom. The van der Waals surface area contributed by atoms with Crippen LogP contribution in [0.1, 0.15) is 38.8 Å². The Labute approximate surface area is 124 Å². The highest BCUT2D eigenvalue weighted by Gasteiger charge is 2.14. The van der Waals surface area contributed by atoms with E-state index in [0.29, 0.717) is 16.5 Å². The van der Waals surface area contributed by atoms with Gasteiger partial charge >= 0.3 is 0 Å². The maximum Gasteiger partial charge on any atom is 0.222 e. The van der Waals surface area contributed by atoms with Crippen LogP contribution in [0.3, 0.4) is 0 Å². The molecule has 0 saturated carbocycles. The van der Waals surface area contributed by atoms with Crippen LogP contribution < -0.4 is 10.6 Å². The van der Waals surface area contributed by atoms with Gasteiger partial charge in [-0.2, -0.15) is 0 Å². The van der Waals surface area contributed by atoms with Crippen molar-refractivity contribution in [2.24, 2.45) is 0 Å². The van der Waals surface area contributed by atoms with E-state index in [0.717, 1.165) is 12.1 Å². The molecule has 0 aliphatic rings. The van der Waals surface area contributed by atoms with Gasteiger partial charge in [0, 0.05) is 22.5 Å². The molecule has 0 spiro atoms. The van der Waals surface area contributed by atoms with Crippen molar-refractivity contribution < 1.29 is 4.79 Å². The van der Waals surface area contributed by atoms with Crippen molar-refractivity contribution in [3.05, 3.63) is 33.8 Å². The van der Waals surface area contributed by atoms with Crippen LogP contribution in [0.2, 0.25) is 10.0 Å². The zero-order chi connectivity index (χ0) is 14.4. The Balaban J connectivity index is 2.59. The SMILES string of the molecule is CCNC(C)CC(=O)NC(C)c1ccc(Cl)cc1Cl. The van der Waals surface area contributed by atoms with Crippen molar-refractivity contribution >= 4 is 29.1 Å². The Morgan fingerprint density at radius 3 is 2.58 bits per heavy atom. The lowest BCUT2D eigenvalue weighted by Gasteiger charge is -2.18. The molecule has 0 bridgehead atoms. The lowest BCUT2D eigenvalue weighted by atomic mass is 10.1. The van der Waals surface area contributed by atoms with Crippen molar-refractivity contribution in [2.45, 2.75) is 39.3 Å². The van der Waals surface area contributed by atoms with Crippen molar-refractivity contribution in [1.82, 2.24) is 10.6 Å². The van der Waals surface area contributed by atoms with Crippen LogP contribution in [0.4, 0.5) is 0 Å².